The van der Waals surface area contributed by atoms with E-state index in [4.69, 9.17) is 11.6 Å². The highest BCUT2D eigenvalue weighted by molar-refractivity contribution is 6.34. The number of carbonyl (C=O) groups is 1. The van der Waals surface area contributed by atoms with Gasteiger partial charge in [0.1, 0.15) is 5.75 Å². The zero-order chi connectivity index (χ0) is 17.0. The van der Waals surface area contributed by atoms with Gasteiger partial charge in [-0.25, -0.2) is 0 Å². The molecule has 122 valence electrons. The lowest BCUT2D eigenvalue weighted by Crippen LogP contribution is -2.18. The van der Waals surface area contributed by atoms with Crippen LogP contribution in [0.2, 0.25) is 5.02 Å². The molecule has 0 aliphatic rings. The third-order valence-electron chi connectivity index (χ3n) is 3.36. The molecule has 0 saturated carbocycles. The molecule has 6 heteroatoms. The molecular formula is C17H14ClF3O2. The van der Waals surface area contributed by atoms with E-state index in [1.165, 1.54) is 6.07 Å². The second-order valence-corrected chi connectivity index (χ2v) is 5.33. The molecule has 0 aliphatic heterocycles. The van der Waals surface area contributed by atoms with Gasteiger partial charge in [0.25, 0.3) is 0 Å². The summed E-state index contributed by atoms with van der Waals surface area (Å²) in [4.78, 5) is 12.7. The zero-order valence-corrected chi connectivity index (χ0v) is 13.0. The Morgan fingerprint density at radius 1 is 1.17 bits per heavy atom. The SMILES string of the molecule is CCC(C(=O)c1cc(OC(F)(F)F)ccc1Cl)c1ccccc1. The van der Waals surface area contributed by atoms with E-state index in [9.17, 15) is 18.0 Å². The van der Waals surface area contributed by atoms with E-state index in [1.807, 2.05) is 13.0 Å². The highest BCUT2D eigenvalue weighted by Crippen LogP contribution is 2.31. The van der Waals surface area contributed by atoms with E-state index in [0.717, 1.165) is 17.7 Å². The van der Waals surface area contributed by atoms with Crippen molar-refractivity contribution < 1.29 is 22.7 Å². The molecule has 0 fully saturated rings. The van der Waals surface area contributed by atoms with Gasteiger partial charge in [0, 0.05) is 11.5 Å². The van der Waals surface area contributed by atoms with Gasteiger partial charge in [-0.1, -0.05) is 48.9 Å². The standard InChI is InChI=1S/C17H14ClF3O2/c1-2-13(11-6-4-3-5-7-11)16(22)14-10-12(8-9-15(14)18)23-17(19,20)21/h3-10,13H,2H2,1H3. The fourth-order valence-electron chi connectivity index (χ4n) is 2.34. The lowest BCUT2D eigenvalue weighted by molar-refractivity contribution is -0.274. The number of ketones is 1. The Labute approximate surface area is 136 Å². The van der Waals surface area contributed by atoms with Gasteiger partial charge in [0.2, 0.25) is 0 Å². The van der Waals surface area contributed by atoms with Gasteiger partial charge in [-0.05, 0) is 30.2 Å². The minimum Gasteiger partial charge on any atom is -0.406 e. The summed E-state index contributed by atoms with van der Waals surface area (Å²) >= 11 is 5.99. The van der Waals surface area contributed by atoms with E-state index in [1.54, 1.807) is 24.3 Å². The Balaban J connectivity index is 2.36. The van der Waals surface area contributed by atoms with Gasteiger partial charge in [-0.2, -0.15) is 0 Å². The third kappa shape index (κ3) is 4.48. The Bertz CT molecular complexity index is 684. The molecule has 1 atom stereocenters. The Morgan fingerprint density at radius 3 is 2.39 bits per heavy atom. The van der Waals surface area contributed by atoms with Crippen molar-refractivity contribution in [3.8, 4) is 5.75 Å². The Kier molecular flexibility index (Phi) is 5.31. The number of rotatable bonds is 5. The quantitative estimate of drug-likeness (QED) is 0.660. The zero-order valence-electron chi connectivity index (χ0n) is 12.2. The van der Waals surface area contributed by atoms with E-state index < -0.39 is 18.0 Å². The normalized spacial score (nSPS) is 12.7. The van der Waals surface area contributed by atoms with E-state index in [-0.39, 0.29) is 16.4 Å². The molecule has 2 nitrogen and oxygen atoms in total. The van der Waals surface area contributed by atoms with Crippen LogP contribution in [0.1, 0.15) is 35.2 Å². The number of benzene rings is 2. The first-order chi connectivity index (χ1) is 10.8. The summed E-state index contributed by atoms with van der Waals surface area (Å²) < 4.78 is 40.8. The van der Waals surface area contributed by atoms with Crippen molar-refractivity contribution in [1.29, 1.82) is 0 Å². The van der Waals surface area contributed by atoms with Crippen molar-refractivity contribution >= 4 is 17.4 Å². The van der Waals surface area contributed by atoms with Crippen LogP contribution in [0.3, 0.4) is 0 Å². The minimum absolute atomic E-state index is 0.0177. The summed E-state index contributed by atoms with van der Waals surface area (Å²) in [6, 6.07) is 12.4. The summed E-state index contributed by atoms with van der Waals surface area (Å²) in [6.45, 7) is 1.83. The average Bonchev–Trinajstić information content (AvgIpc) is 2.49. The summed E-state index contributed by atoms with van der Waals surface area (Å²) in [5.74, 6) is -1.28. The highest BCUT2D eigenvalue weighted by Gasteiger charge is 2.32. The molecule has 2 aromatic carbocycles. The summed E-state index contributed by atoms with van der Waals surface area (Å²) in [7, 11) is 0. The lowest BCUT2D eigenvalue weighted by atomic mass is 9.88. The molecule has 23 heavy (non-hydrogen) atoms. The molecule has 0 amide bonds. The number of alkyl halides is 3. The number of carbonyl (C=O) groups excluding carboxylic acids is 1. The van der Waals surface area contributed by atoms with Gasteiger partial charge in [-0.15, -0.1) is 13.2 Å². The van der Waals surface area contributed by atoms with Crippen LogP contribution in [0.25, 0.3) is 0 Å². The number of hydrogen-bond donors (Lipinski definition) is 0. The fraction of sp³-hybridized carbons (Fsp3) is 0.235. The van der Waals surface area contributed by atoms with Gasteiger partial charge < -0.3 is 4.74 Å². The van der Waals surface area contributed by atoms with Crippen molar-refractivity contribution in [2.45, 2.75) is 25.6 Å². The molecular weight excluding hydrogens is 329 g/mol. The number of hydrogen-bond acceptors (Lipinski definition) is 2. The molecule has 0 heterocycles. The minimum atomic E-state index is -4.82. The van der Waals surface area contributed by atoms with Crippen LogP contribution in [-0.2, 0) is 0 Å². The molecule has 2 aromatic rings. The predicted octanol–water partition coefficient (Wildman–Crippen LogP) is 5.62. The molecule has 0 bridgehead atoms. The number of halogens is 4. The second kappa shape index (κ2) is 7.04. The molecule has 1 unspecified atom stereocenters. The van der Waals surface area contributed by atoms with E-state index in [2.05, 4.69) is 4.74 Å². The van der Waals surface area contributed by atoms with Gasteiger partial charge >= 0.3 is 6.36 Å². The van der Waals surface area contributed by atoms with E-state index >= 15 is 0 Å². The monoisotopic (exact) mass is 342 g/mol. The summed E-state index contributed by atoms with van der Waals surface area (Å²) in [5.41, 5.74) is 0.808. The smallest absolute Gasteiger partial charge is 0.406 e. The van der Waals surface area contributed by atoms with Crippen molar-refractivity contribution in [2.24, 2.45) is 0 Å². The topological polar surface area (TPSA) is 26.3 Å². The summed E-state index contributed by atoms with van der Waals surface area (Å²) in [6.07, 6.45) is -4.32. The van der Waals surface area contributed by atoms with Crippen molar-refractivity contribution in [1.82, 2.24) is 0 Å². The van der Waals surface area contributed by atoms with Crippen LogP contribution in [0.5, 0.6) is 5.75 Å². The maximum atomic E-state index is 12.7. The van der Waals surface area contributed by atoms with Gasteiger partial charge in [-0.3, -0.25) is 4.79 Å². The first kappa shape index (κ1) is 17.3. The first-order valence-electron chi connectivity index (χ1n) is 6.96. The van der Waals surface area contributed by atoms with Crippen LogP contribution >= 0.6 is 11.6 Å². The van der Waals surface area contributed by atoms with Crippen molar-refractivity contribution in [3.63, 3.8) is 0 Å². The van der Waals surface area contributed by atoms with E-state index in [0.29, 0.717) is 6.42 Å². The molecule has 0 saturated heterocycles. The summed E-state index contributed by atoms with van der Waals surface area (Å²) in [5, 5.41) is 0.0962. The van der Waals surface area contributed by atoms with Gasteiger partial charge in [0.15, 0.2) is 5.78 Å². The maximum Gasteiger partial charge on any atom is 0.573 e. The largest absolute Gasteiger partial charge is 0.573 e. The number of ether oxygens (including phenoxy) is 1. The maximum absolute atomic E-state index is 12.7. The predicted molar refractivity (Wildman–Crippen MR) is 81.9 cm³/mol. The van der Waals surface area contributed by atoms with Crippen LogP contribution < -0.4 is 4.74 Å². The van der Waals surface area contributed by atoms with Crippen LogP contribution in [0.4, 0.5) is 13.2 Å². The van der Waals surface area contributed by atoms with Crippen LogP contribution in [0.15, 0.2) is 48.5 Å². The number of Topliss-reactive ketones (excluding diaryl/α,β-unsaturated/α-hetero) is 1. The molecule has 0 spiro atoms. The van der Waals surface area contributed by atoms with Crippen LogP contribution in [0, 0.1) is 0 Å². The van der Waals surface area contributed by atoms with Crippen molar-refractivity contribution in [3.05, 3.63) is 64.7 Å². The Hall–Kier alpha value is -2.01. The van der Waals surface area contributed by atoms with Gasteiger partial charge in [0.05, 0.1) is 5.02 Å². The molecule has 0 N–H and O–H groups in total. The second-order valence-electron chi connectivity index (χ2n) is 4.93. The molecule has 0 radical (unpaired) electrons. The molecule has 0 aromatic heterocycles. The fourth-order valence-corrected chi connectivity index (χ4v) is 2.55. The van der Waals surface area contributed by atoms with Crippen molar-refractivity contribution in [2.75, 3.05) is 0 Å². The van der Waals surface area contributed by atoms with Crippen LogP contribution in [-0.4, -0.2) is 12.1 Å². The highest BCUT2D eigenvalue weighted by atomic mass is 35.5. The Morgan fingerprint density at radius 2 is 1.83 bits per heavy atom. The molecule has 2 rings (SSSR count). The average molecular weight is 343 g/mol. The lowest BCUT2D eigenvalue weighted by Gasteiger charge is -2.16. The third-order valence-corrected chi connectivity index (χ3v) is 3.69. The molecule has 0 aliphatic carbocycles. The first-order valence-corrected chi connectivity index (χ1v) is 7.34.